The van der Waals surface area contributed by atoms with Crippen molar-refractivity contribution in [2.75, 3.05) is 0 Å². The van der Waals surface area contributed by atoms with E-state index in [0.29, 0.717) is 6.92 Å². The van der Waals surface area contributed by atoms with Gasteiger partial charge >= 0.3 is 35.8 Å². The van der Waals surface area contributed by atoms with Crippen LogP contribution < -0.4 is 0 Å². The molecular weight excluding hydrogens is 455 g/mol. The van der Waals surface area contributed by atoms with Crippen LogP contribution in [0.2, 0.25) is 0 Å². The van der Waals surface area contributed by atoms with Gasteiger partial charge in [0.25, 0.3) is 0 Å². The molecule has 0 aliphatic carbocycles. The highest BCUT2D eigenvalue weighted by Gasteiger charge is 2.90. The highest BCUT2D eigenvalue weighted by molar-refractivity contribution is 5.31. The van der Waals surface area contributed by atoms with Crippen molar-refractivity contribution < 1.29 is 62.2 Å². The van der Waals surface area contributed by atoms with Crippen LogP contribution in [0.15, 0.2) is 24.3 Å². The minimum Gasteiger partial charge on any atom is -0.385 e. The summed E-state index contributed by atoms with van der Waals surface area (Å²) in [5, 5.41) is 10.0. The average Bonchev–Trinajstić information content (AvgIpc) is 2.52. The van der Waals surface area contributed by atoms with E-state index >= 15 is 0 Å². The maximum atomic E-state index is 14.0. The first kappa shape index (κ1) is 26.3. The zero-order chi connectivity index (χ0) is 24.2. The Morgan fingerprint density at radius 2 is 1.07 bits per heavy atom. The van der Waals surface area contributed by atoms with E-state index in [0.717, 1.165) is 12.1 Å². The van der Waals surface area contributed by atoms with E-state index in [-0.39, 0.29) is 5.56 Å². The van der Waals surface area contributed by atoms with Crippen molar-refractivity contribution >= 4 is 0 Å². The van der Waals surface area contributed by atoms with Gasteiger partial charge in [-0.3, -0.25) is 0 Å². The molecule has 0 heterocycles. The molecule has 0 saturated carbocycles. The fourth-order valence-corrected chi connectivity index (χ4v) is 2.62. The molecule has 0 saturated heterocycles. The third kappa shape index (κ3) is 3.82. The Labute approximate surface area is 160 Å². The number of hydrogen-bond donors (Lipinski definition) is 1. The second-order valence-electron chi connectivity index (χ2n) is 6.77. The van der Waals surface area contributed by atoms with E-state index in [4.69, 9.17) is 0 Å². The molecule has 0 aliphatic heterocycles. The van der Waals surface area contributed by atoms with Gasteiger partial charge in [0, 0.05) is 0 Å². The van der Waals surface area contributed by atoms with Gasteiger partial charge in [-0.15, -0.1) is 0 Å². The lowest BCUT2D eigenvalue weighted by molar-refractivity contribution is -0.441. The zero-order valence-electron chi connectivity index (χ0n) is 14.9. The number of halogens is 13. The van der Waals surface area contributed by atoms with Gasteiger partial charge < -0.3 is 5.11 Å². The van der Waals surface area contributed by atoms with Crippen LogP contribution in [-0.2, 0) is 5.60 Å². The van der Waals surface area contributed by atoms with Crippen molar-refractivity contribution in [3.63, 3.8) is 0 Å². The molecule has 14 heteroatoms. The molecule has 0 fully saturated rings. The van der Waals surface area contributed by atoms with Crippen molar-refractivity contribution in [3.05, 3.63) is 35.4 Å². The summed E-state index contributed by atoms with van der Waals surface area (Å²) in [5.41, 5.74) is -3.64. The van der Waals surface area contributed by atoms with Crippen LogP contribution in [0.5, 0.6) is 0 Å². The summed E-state index contributed by atoms with van der Waals surface area (Å²) >= 11 is 0. The number of alkyl halides is 13. The molecule has 1 aromatic carbocycles. The van der Waals surface area contributed by atoms with Crippen LogP contribution in [0.1, 0.15) is 24.5 Å². The fourth-order valence-electron chi connectivity index (χ4n) is 2.62. The van der Waals surface area contributed by atoms with Crippen LogP contribution in [0.25, 0.3) is 0 Å². The second kappa shape index (κ2) is 7.16. The quantitative estimate of drug-likeness (QED) is 0.464. The van der Waals surface area contributed by atoms with Gasteiger partial charge in [0.05, 0.1) is 12.0 Å². The molecular formula is C16H13F13O. The van der Waals surface area contributed by atoms with Crippen molar-refractivity contribution in [3.8, 4) is 0 Å². The van der Waals surface area contributed by atoms with Gasteiger partial charge in [-0.05, 0) is 25.0 Å². The molecule has 1 nitrogen and oxygen atoms in total. The van der Waals surface area contributed by atoms with Crippen molar-refractivity contribution in [2.24, 2.45) is 0 Å². The third-order valence-electron chi connectivity index (χ3n) is 4.29. The minimum absolute atomic E-state index is 0.0256. The van der Waals surface area contributed by atoms with Gasteiger partial charge in [0.2, 0.25) is 0 Å². The number of benzene rings is 1. The second-order valence-corrected chi connectivity index (χ2v) is 6.77. The summed E-state index contributed by atoms with van der Waals surface area (Å²) in [5.74, 6) is -37.4. The number of hydrogen-bond acceptors (Lipinski definition) is 1. The Kier molecular flexibility index (Phi) is 6.28. The Morgan fingerprint density at radius 1 is 0.667 bits per heavy atom. The van der Waals surface area contributed by atoms with Gasteiger partial charge in [-0.2, -0.15) is 57.1 Å². The summed E-state index contributed by atoms with van der Waals surface area (Å²) < 4.78 is 171. The SMILES string of the molecule is Cc1ccccc1C(C)(O)CC(F)(F)C(F)(F)C(F)(F)C(F)(F)C(F)(F)C(F)(F)F. The van der Waals surface area contributed by atoms with Gasteiger partial charge in [-0.25, -0.2) is 0 Å². The Bertz CT molecular complexity index is 765. The summed E-state index contributed by atoms with van der Waals surface area (Å²) in [6.07, 6.45) is -10.2. The average molecular weight is 468 g/mol. The topological polar surface area (TPSA) is 20.2 Å². The van der Waals surface area contributed by atoms with Crippen LogP contribution in [0, 0.1) is 6.92 Å². The van der Waals surface area contributed by atoms with Gasteiger partial charge in [-0.1, -0.05) is 24.3 Å². The van der Waals surface area contributed by atoms with Crippen LogP contribution in [0.3, 0.4) is 0 Å². The lowest BCUT2D eigenvalue weighted by Crippen LogP contribution is -2.70. The summed E-state index contributed by atoms with van der Waals surface area (Å²) in [6, 6.07) is 4.48. The summed E-state index contributed by atoms with van der Waals surface area (Å²) in [7, 11) is 0. The molecule has 0 spiro atoms. The molecule has 0 aliphatic rings. The van der Waals surface area contributed by atoms with Crippen LogP contribution in [-0.4, -0.2) is 40.9 Å². The first-order valence-corrected chi connectivity index (χ1v) is 7.71. The first-order valence-electron chi connectivity index (χ1n) is 7.71. The number of aryl methyl sites for hydroxylation is 1. The van der Waals surface area contributed by atoms with E-state index in [1.807, 2.05) is 0 Å². The van der Waals surface area contributed by atoms with Crippen molar-refractivity contribution in [1.29, 1.82) is 0 Å². The van der Waals surface area contributed by atoms with E-state index in [1.54, 1.807) is 0 Å². The first-order chi connectivity index (χ1) is 13.0. The maximum Gasteiger partial charge on any atom is 0.460 e. The largest absolute Gasteiger partial charge is 0.460 e. The Balaban J connectivity index is 3.47. The molecule has 0 bridgehead atoms. The molecule has 0 radical (unpaired) electrons. The summed E-state index contributed by atoms with van der Waals surface area (Å²) in [6.45, 7) is 1.59. The standard InChI is InChI=1S/C16H13F13O/c1-8-5-3-4-6-9(8)10(2,30)7-11(17,18)12(19,20)13(21,22)14(23,24)15(25,26)16(27,28)29/h3-6,30H,7H2,1-2H3. The molecule has 1 N–H and O–H groups in total. The molecule has 0 amide bonds. The highest BCUT2D eigenvalue weighted by atomic mass is 19.4. The van der Waals surface area contributed by atoms with E-state index in [9.17, 15) is 62.2 Å². The van der Waals surface area contributed by atoms with Crippen molar-refractivity contribution in [1.82, 2.24) is 0 Å². The number of aliphatic hydroxyl groups is 1. The van der Waals surface area contributed by atoms with Crippen LogP contribution in [0.4, 0.5) is 57.1 Å². The van der Waals surface area contributed by atoms with E-state index in [1.165, 1.54) is 19.1 Å². The molecule has 0 aromatic heterocycles. The Morgan fingerprint density at radius 3 is 1.47 bits per heavy atom. The lowest BCUT2D eigenvalue weighted by atomic mass is 9.83. The molecule has 1 aromatic rings. The number of rotatable bonds is 7. The van der Waals surface area contributed by atoms with Crippen LogP contribution >= 0.6 is 0 Å². The highest BCUT2D eigenvalue weighted by Crippen LogP contribution is 2.61. The zero-order valence-corrected chi connectivity index (χ0v) is 14.9. The lowest BCUT2D eigenvalue weighted by Gasteiger charge is -2.41. The predicted molar refractivity (Wildman–Crippen MR) is 76.2 cm³/mol. The Hall–Kier alpha value is -1.73. The van der Waals surface area contributed by atoms with Crippen molar-refractivity contribution in [2.45, 2.75) is 61.7 Å². The molecule has 1 rings (SSSR count). The maximum absolute atomic E-state index is 14.0. The normalized spacial score (nSPS) is 17.1. The van der Waals surface area contributed by atoms with E-state index < -0.39 is 53.4 Å². The molecule has 1 unspecified atom stereocenters. The monoisotopic (exact) mass is 468 g/mol. The van der Waals surface area contributed by atoms with Gasteiger partial charge in [0.1, 0.15) is 0 Å². The third-order valence-corrected chi connectivity index (χ3v) is 4.29. The van der Waals surface area contributed by atoms with Gasteiger partial charge in [0.15, 0.2) is 0 Å². The van der Waals surface area contributed by atoms with E-state index in [2.05, 4.69) is 0 Å². The molecule has 1 atom stereocenters. The predicted octanol–water partition coefficient (Wildman–Crippen LogP) is 6.33. The molecule has 174 valence electrons. The minimum atomic E-state index is -7.96. The summed E-state index contributed by atoms with van der Waals surface area (Å²) in [4.78, 5) is 0. The molecule has 30 heavy (non-hydrogen) atoms. The smallest absolute Gasteiger partial charge is 0.385 e. The fraction of sp³-hybridized carbons (Fsp3) is 0.625.